The Morgan fingerprint density at radius 2 is 2.22 bits per heavy atom. The molecule has 98 valence electrons. The van der Waals surface area contributed by atoms with Gasteiger partial charge in [0.2, 0.25) is 5.88 Å². The van der Waals surface area contributed by atoms with Crippen molar-refractivity contribution in [1.82, 2.24) is 19.5 Å². The molecule has 0 saturated heterocycles. The van der Waals surface area contributed by atoms with Crippen molar-refractivity contribution < 1.29 is 4.74 Å². The Balaban J connectivity index is 2.62. The number of nitrogens with zero attached hydrogens (tertiary/aromatic N) is 4. The third-order valence-electron chi connectivity index (χ3n) is 2.98. The normalized spacial score (nSPS) is 12.9. The van der Waals surface area contributed by atoms with Gasteiger partial charge in [-0.15, -0.1) is 11.6 Å². The molecule has 0 saturated carbocycles. The molecule has 5 nitrogen and oxygen atoms in total. The van der Waals surface area contributed by atoms with Gasteiger partial charge in [0.05, 0.1) is 13.0 Å². The largest absolute Gasteiger partial charge is 0.479 e. The predicted molar refractivity (Wildman–Crippen MR) is 71.1 cm³/mol. The van der Waals surface area contributed by atoms with E-state index in [9.17, 15) is 0 Å². The maximum atomic E-state index is 5.97. The van der Waals surface area contributed by atoms with Crippen LogP contribution in [0.2, 0.25) is 0 Å². The van der Waals surface area contributed by atoms with E-state index in [1.165, 1.54) is 6.33 Å². The molecule has 0 aliphatic heterocycles. The number of hydrogen-bond donors (Lipinski definition) is 0. The summed E-state index contributed by atoms with van der Waals surface area (Å²) in [6, 6.07) is 0.313. The van der Waals surface area contributed by atoms with Gasteiger partial charge in [0, 0.05) is 6.04 Å². The summed E-state index contributed by atoms with van der Waals surface area (Å²) in [7, 11) is 1.58. The quantitative estimate of drug-likeness (QED) is 0.783. The van der Waals surface area contributed by atoms with Crippen molar-refractivity contribution in [3.8, 4) is 5.88 Å². The summed E-state index contributed by atoms with van der Waals surface area (Å²) in [5, 5.41) is 0. The molecule has 0 aliphatic rings. The maximum absolute atomic E-state index is 5.97. The Labute approximate surface area is 111 Å². The Kier molecular flexibility index (Phi) is 4.01. The van der Waals surface area contributed by atoms with Crippen molar-refractivity contribution in [2.24, 2.45) is 0 Å². The van der Waals surface area contributed by atoms with Crippen LogP contribution in [0.4, 0.5) is 0 Å². The lowest BCUT2D eigenvalue weighted by atomic mass is 10.2. The first-order chi connectivity index (χ1) is 8.72. The zero-order chi connectivity index (χ0) is 13.1. The second kappa shape index (κ2) is 5.52. The molecular weight excluding hydrogens is 252 g/mol. The van der Waals surface area contributed by atoms with Crippen LogP contribution >= 0.6 is 11.6 Å². The monoisotopic (exact) mass is 268 g/mol. The minimum atomic E-state index is 0.313. The van der Waals surface area contributed by atoms with E-state index >= 15 is 0 Å². The number of alkyl halides is 1. The zero-order valence-electron chi connectivity index (χ0n) is 10.9. The smallest absolute Gasteiger partial charge is 0.245 e. The minimum Gasteiger partial charge on any atom is -0.479 e. The van der Waals surface area contributed by atoms with E-state index in [0.29, 0.717) is 23.3 Å². The Morgan fingerprint density at radius 3 is 2.83 bits per heavy atom. The van der Waals surface area contributed by atoms with Crippen molar-refractivity contribution in [2.45, 2.75) is 38.6 Å². The molecule has 1 unspecified atom stereocenters. The van der Waals surface area contributed by atoms with E-state index in [0.717, 1.165) is 24.3 Å². The van der Waals surface area contributed by atoms with Crippen LogP contribution in [0.1, 0.15) is 38.6 Å². The SMILES string of the molecule is CCCC(C)n1c(CCl)nc2c(OC)ncnc21. The summed E-state index contributed by atoms with van der Waals surface area (Å²) < 4.78 is 7.29. The van der Waals surface area contributed by atoms with Gasteiger partial charge >= 0.3 is 0 Å². The lowest BCUT2D eigenvalue weighted by molar-refractivity contribution is 0.401. The second-order valence-electron chi connectivity index (χ2n) is 4.22. The van der Waals surface area contributed by atoms with E-state index in [4.69, 9.17) is 16.3 Å². The maximum Gasteiger partial charge on any atom is 0.245 e. The molecule has 0 spiro atoms. The fraction of sp³-hybridized carbons (Fsp3) is 0.583. The summed E-state index contributed by atoms with van der Waals surface area (Å²) >= 11 is 5.97. The van der Waals surface area contributed by atoms with Crippen LogP contribution in [0.25, 0.3) is 11.2 Å². The highest BCUT2D eigenvalue weighted by Crippen LogP contribution is 2.27. The minimum absolute atomic E-state index is 0.313. The first kappa shape index (κ1) is 13.1. The molecule has 0 N–H and O–H groups in total. The number of aromatic nitrogens is 4. The third kappa shape index (κ3) is 2.14. The van der Waals surface area contributed by atoms with Gasteiger partial charge in [0.15, 0.2) is 11.2 Å². The molecule has 2 aromatic rings. The fourth-order valence-electron chi connectivity index (χ4n) is 2.19. The molecule has 2 rings (SSSR count). The van der Waals surface area contributed by atoms with Crippen LogP contribution in [-0.2, 0) is 5.88 Å². The lowest BCUT2D eigenvalue weighted by Gasteiger charge is -2.15. The van der Waals surface area contributed by atoms with Gasteiger partial charge in [-0.3, -0.25) is 0 Å². The summed E-state index contributed by atoms with van der Waals surface area (Å²) in [4.78, 5) is 12.9. The summed E-state index contributed by atoms with van der Waals surface area (Å²) in [6.45, 7) is 4.31. The molecule has 0 aromatic carbocycles. The van der Waals surface area contributed by atoms with E-state index in [-0.39, 0.29) is 0 Å². The fourth-order valence-corrected chi connectivity index (χ4v) is 2.38. The van der Waals surface area contributed by atoms with Crippen LogP contribution in [0, 0.1) is 0 Å². The molecule has 0 radical (unpaired) electrons. The highest BCUT2D eigenvalue weighted by Gasteiger charge is 2.18. The standard InChI is InChI=1S/C12H17ClN4O/c1-4-5-8(2)17-9(6-13)16-10-11(17)14-7-15-12(10)18-3/h7-8H,4-6H2,1-3H3. The third-order valence-corrected chi connectivity index (χ3v) is 3.22. The predicted octanol–water partition coefficient (Wildman–Crippen LogP) is 2.93. The van der Waals surface area contributed by atoms with Gasteiger partial charge < -0.3 is 9.30 Å². The number of methoxy groups -OCH3 is 1. The number of halogens is 1. The van der Waals surface area contributed by atoms with Gasteiger partial charge in [-0.05, 0) is 13.3 Å². The Hall–Kier alpha value is -1.36. The van der Waals surface area contributed by atoms with Crippen molar-refractivity contribution >= 4 is 22.8 Å². The zero-order valence-corrected chi connectivity index (χ0v) is 11.6. The molecule has 2 aromatic heterocycles. The van der Waals surface area contributed by atoms with Gasteiger partial charge in [-0.2, -0.15) is 4.98 Å². The number of imidazole rings is 1. The van der Waals surface area contributed by atoms with Gasteiger partial charge in [0.25, 0.3) is 0 Å². The van der Waals surface area contributed by atoms with Crippen LogP contribution in [-0.4, -0.2) is 26.6 Å². The van der Waals surface area contributed by atoms with Crippen molar-refractivity contribution in [2.75, 3.05) is 7.11 Å². The van der Waals surface area contributed by atoms with E-state index in [1.807, 2.05) is 0 Å². The van der Waals surface area contributed by atoms with Crippen LogP contribution in [0.15, 0.2) is 6.33 Å². The topological polar surface area (TPSA) is 52.8 Å². The molecule has 6 heteroatoms. The van der Waals surface area contributed by atoms with E-state index in [1.54, 1.807) is 7.11 Å². The number of rotatable bonds is 5. The van der Waals surface area contributed by atoms with Gasteiger partial charge in [0.1, 0.15) is 12.2 Å². The average molecular weight is 269 g/mol. The van der Waals surface area contributed by atoms with E-state index < -0.39 is 0 Å². The van der Waals surface area contributed by atoms with Gasteiger partial charge in [-0.25, -0.2) is 9.97 Å². The molecule has 2 heterocycles. The summed E-state index contributed by atoms with van der Waals surface area (Å²) in [5.74, 6) is 1.66. The summed E-state index contributed by atoms with van der Waals surface area (Å²) in [6.07, 6.45) is 3.66. The van der Waals surface area contributed by atoms with Crippen molar-refractivity contribution in [3.05, 3.63) is 12.2 Å². The second-order valence-corrected chi connectivity index (χ2v) is 4.49. The molecule has 1 atom stereocenters. The van der Waals surface area contributed by atoms with Gasteiger partial charge in [-0.1, -0.05) is 13.3 Å². The van der Waals surface area contributed by atoms with Crippen LogP contribution < -0.4 is 4.74 Å². The van der Waals surface area contributed by atoms with E-state index in [2.05, 4.69) is 33.4 Å². The highest BCUT2D eigenvalue weighted by atomic mass is 35.5. The molecule has 0 bridgehead atoms. The molecule has 18 heavy (non-hydrogen) atoms. The number of hydrogen-bond acceptors (Lipinski definition) is 4. The molecule has 0 amide bonds. The van der Waals surface area contributed by atoms with Crippen molar-refractivity contribution in [3.63, 3.8) is 0 Å². The molecule has 0 aliphatic carbocycles. The Morgan fingerprint density at radius 1 is 1.44 bits per heavy atom. The number of ether oxygens (including phenoxy) is 1. The Bertz CT molecular complexity index is 540. The highest BCUT2D eigenvalue weighted by molar-refractivity contribution is 6.16. The first-order valence-electron chi connectivity index (χ1n) is 6.04. The number of fused-ring (bicyclic) bond motifs is 1. The average Bonchev–Trinajstić information content (AvgIpc) is 2.77. The van der Waals surface area contributed by atoms with Crippen LogP contribution in [0.5, 0.6) is 5.88 Å². The summed E-state index contributed by atoms with van der Waals surface area (Å²) in [5.41, 5.74) is 1.47. The lowest BCUT2D eigenvalue weighted by Crippen LogP contribution is -2.09. The molecular formula is C12H17ClN4O. The van der Waals surface area contributed by atoms with Crippen LogP contribution in [0.3, 0.4) is 0 Å². The molecule has 0 fully saturated rings. The first-order valence-corrected chi connectivity index (χ1v) is 6.58. The van der Waals surface area contributed by atoms with Crippen molar-refractivity contribution in [1.29, 1.82) is 0 Å².